The molecule has 0 atom stereocenters. The van der Waals surface area contributed by atoms with Crippen LogP contribution in [0.2, 0.25) is 0 Å². The van der Waals surface area contributed by atoms with Gasteiger partial charge in [0.1, 0.15) is 0 Å². The normalized spacial score (nSPS) is 8.60. The number of rotatable bonds is 4. The zero-order valence-corrected chi connectivity index (χ0v) is 6.81. The summed E-state index contributed by atoms with van der Waals surface area (Å²) in [7, 11) is 0. The molecule has 0 aromatic heterocycles. The molecule has 3 heteroatoms. The van der Waals surface area contributed by atoms with Crippen LogP contribution in [0, 0.1) is 12.3 Å². The van der Waals surface area contributed by atoms with E-state index < -0.39 is 6.29 Å². The van der Waals surface area contributed by atoms with Crippen molar-refractivity contribution in [1.82, 2.24) is 0 Å². The quantitative estimate of drug-likeness (QED) is 0.191. The molecule has 0 saturated carbocycles. The summed E-state index contributed by atoms with van der Waals surface area (Å²) in [6.07, 6.45) is 6.10. The molecule has 0 spiro atoms. The van der Waals surface area contributed by atoms with Crippen LogP contribution in [-0.2, 0) is 9.47 Å². The molecular formula is C7H11LiO2. The summed E-state index contributed by atoms with van der Waals surface area (Å²) in [5.74, 6) is 2.11. The van der Waals surface area contributed by atoms with Crippen molar-refractivity contribution in [3.05, 3.63) is 6.42 Å². The molecule has 0 saturated heterocycles. The van der Waals surface area contributed by atoms with Crippen LogP contribution < -0.4 is 18.9 Å². The van der Waals surface area contributed by atoms with Crippen molar-refractivity contribution >= 4 is 0 Å². The van der Waals surface area contributed by atoms with Crippen LogP contribution in [-0.4, -0.2) is 19.5 Å². The van der Waals surface area contributed by atoms with Gasteiger partial charge >= 0.3 is 18.9 Å². The molecule has 0 heterocycles. The summed E-state index contributed by atoms with van der Waals surface area (Å²) < 4.78 is 9.82. The first kappa shape index (κ1) is 12.7. The molecular weight excluding hydrogens is 123 g/mol. The molecule has 0 amide bonds. The number of ether oxygens (including phenoxy) is 2. The van der Waals surface area contributed by atoms with Gasteiger partial charge in [-0.2, -0.15) is 0 Å². The van der Waals surface area contributed by atoms with Crippen molar-refractivity contribution in [1.29, 1.82) is 0 Å². The third-order valence-electron chi connectivity index (χ3n) is 0.754. The van der Waals surface area contributed by atoms with E-state index in [9.17, 15) is 0 Å². The summed E-state index contributed by atoms with van der Waals surface area (Å²) in [5.41, 5.74) is 0. The molecule has 0 aliphatic carbocycles. The topological polar surface area (TPSA) is 18.5 Å². The van der Waals surface area contributed by atoms with Crippen LogP contribution in [0.5, 0.6) is 0 Å². The zero-order valence-electron chi connectivity index (χ0n) is 6.81. The molecule has 0 aromatic rings. The maximum atomic E-state index is 6.67. The Bertz CT molecular complexity index is 92.3. The van der Waals surface area contributed by atoms with Gasteiger partial charge < -0.3 is 15.9 Å². The van der Waals surface area contributed by atoms with Gasteiger partial charge in [-0.25, -0.2) is 0 Å². The average Bonchev–Trinajstić information content (AvgIpc) is 1.88. The Morgan fingerprint density at radius 2 is 1.70 bits per heavy atom. The minimum absolute atomic E-state index is 0. The van der Waals surface area contributed by atoms with Crippen LogP contribution in [0.1, 0.15) is 13.8 Å². The molecule has 0 fully saturated rings. The molecule has 0 unspecified atom stereocenters. The van der Waals surface area contributed by atoms with Gasteiger partial charge in [0.25, 0.3) is 0 Å². The van der Waals surface area contributed by atoms with Crippen molar-refractivity contribution in [3.8, 4) is 5.92 Å². The van der Waals surface area contributed by atoms with E-state index in [1.54, 1.807) is 0 Å². The largest absolute Gasteiger partial charge is 1.00 e. The average molecular weight is 134 g/mol. The Labute approximate surface area is 74.5 Å². The Hall–Kier alpha value is 0.0774. The SMILES string of the molecule is [C-]#CC(OCC)OCC.[Li+]. The summed E-state index contributed by atoms with van der Waals surface area (Å²) in [6.45, 7) is 4.81. The summed E-state index contributed by atoms with van der Waals surface area (Å²) in [6, 6.07) is 0. The third-order valence-corrected chi connectivity index (χ3v) is 0.754. The predicted octanol–water partition coefficient (Wildman–Crippen LogP) is -2.02. The van der Waals surface area contributed by atoms with Gasteiger partial charge in [-0.1, -0.05) is 0 Å². The second-order valence-corrected chi connectivity index (χ2v) is 1.39. The van der Waals surface area contributed by atoms with Gasteiger partial charge in [0, 0.05) is 13.2 Å². The van der Waals surface area contributed by atoms with Crippen molar-refractivity contribution in [2.24, 2.45) is 0 Å². The first-order valence-electron chi connectivity index (χ1n) is 3.00. The first-order valence-corrected chi connectivity index (χ1v) is 3.00. The molecule has 0 N–H and O–H groups in total. The molecule has 0 aliphatic heterocycles. The van der Waals surface area contributed by atoms with Gasteiger partial charge in [0.05, 0.1) is 0 Å². The Kier molecular flexibility index (Phi) is 11.6. The van der Waals surface area contributed by atoms with E-state index in [2.05, 4.69) is 5.92 Å². The van der Waals surface area contributed by atoms with Crippen LogP contribution >= 0.6 is 0 Å². The van der Waals surface area contributed by atoms with Gasteiger partial charge in [0.2, 0.25) is 0 Å². The molecule has 52 valence electrons. The van der Waals surface area contributed by atoms with Crippen molar-refractivity contribution in [3.63, 3.8) is 0 Å². The molecule has 0 rings (SSSR count). The van der Waals surface area contributed by atoms with E-state index in [0.29, 0.717) is 13.2 Å². The van der Waals surface area contributed by atoms with Crippen LogP contribution in [0.4, 0.5) is 0 Å². The monoisotopic (exact) mass is 134 g/mol. The summed E-state index contributed by atoms with van der Waals surface area (Å²) in [5, 5.41) is 0. The smallest absolute Gasteiger partial charge is 0.689 e. The van der Waals surface area contributed by atoms with Gasteiger partial charge in [-0.15, -0.1) is 0 Å². The minimum Gasteiger partial charge on any atom is -0.689 e. The standard InChI is InChI=1S/C7H11O2.Li/c1-4-7(8-5-2)9-6-3;/h7H,5-6H2,2-3H3;/q-1;+1. The fourth-order valence-corrected chi connectivity index (χ4v) is 0.434. The van der Waals surface area contributed by atoms with Gasteiger partial charge in [0.15, 0.2) is 6.29 Å². The first-order chi connectivity index (χ1) is 4.35. The zero-order chi connectivity index (χ0) is 7.11. The van der Waals surface area contributed by atoms with E-state index in [1.165, 1.54) is 0 Å². The molecule has 10 heavy (non-hydrogen) atoms. The van der Waals surface area contributed by atoms with Crippen LogP contribution in [0.15, 0.2) is 0 Å². The fraction of sp³-hybridized carbons (Fsp3) is 0.714. The van der Waals surface area contributed by atoms with E-state index in [0.717, 1.165) is 0 Å². The van der Waals surface area contributed by atoms with Gasteiger partial charge in [-0.05, 0) is 13.8 Å². The Balaban J connectivity index is 0. The van der Waals surface area contributed by atoms with Crippen molar-refractivity contribution in [2.75, 3.05) is 13.2 Å². The number of hydrogen-bond donors (Lipinski definition) is 0. The maximum absolute atomic E-state index is 6.67. The number of hydrogen-bond acceptors (Lipinski definition) is 2. The van der Waals surface area contributed by atoms with E-state index >= 15 is 0 Å². The summed E-state index contributed by atoms with van der Waals surface area (Å²) >= 11 is 0. The Morgan fingerprint density at radius 1 is 1.30 bits per heavy atom. The van der Waals surface area contributed by atoms with Crippen LogP contribution in [0.25, 0.3) is 0 Å². The minimum atomic E-state index is -0.569. The second kappa shape index (κ2) is 9.08. The summed E-state index contributed by atoms with van der Waals surface area (Å²) in [4.78, 5) is 0. The van der Waals surface area contributed by atoms with E-state index in [1.807, 2.05) is 13.8 Å². The molecule has 0 radical (unpaired) electrons. The van der Waals surface area contributed by atoms with Crippen molar-refractivity contribution < 1.29 is 28.3 Å². The fourth-order valence-electron chi connectivity index (χ4n) is 0.434. The second-order valence-electron chi connectivity index (χ2n) is 1.39. The van der Waals surface area contributed by atoms with Crippen molar-refractivity contribution in [2.45, 2.75) is 20.1 Å². The molecule has 2 nitrogen and oxygen atoms in total. The molecule has 0 aliphatic rings. The predicted molar refractivity (Wildman–Crippen MR) is 34.2 cm³/mol. The van der Waals surface area contributed by atoms with E-state index in [-0.39, 0.29) is 18.9 Å². The maximum Gasteiger partial charge on any atom is 1.00 e. The molecule has 0 bridgehead atoms. The van der Waals surface area contributed by atoms with E-state index in [4.69, 9.17) is 15.9 Å². The Morgan fingerprint density at radius 3 is 1.90 bits per heavy atom. The molecule has 0 aromatic carbocycles. The third kappa shape index (κ3) is 6.20. The van der Waals surface area contributed by atoms with Gasteiger partial charge in [-0.3, -0.25) is 5.92 Å². The van der Waals surface area contributed by atoms with Crippen LogP contribution in [0.3, 0.4) is 0 Å².